The molecule has 2 rings (SSSR count). The number of hydrogen-bond donors (Lipinski definition) is 3. The van der Waals surface area contributed by atoms with Crippen molar-refractivity contribution in [3.63, 3.8) is 0 Å². The van der Waals surface area contributed by atoms with E-state index in [4.69, 9.17) is 5.11 Å². The number of para-hydroxylation sites is 1. The second-order valence-electron chi connectivity index (χ2n) is 6.69. The maximum absolute atomic E-state index is 12.3. The lowest BCUT2D eigenvalue weighted by Gasteiger charge is -2.32. The fourth-order valence-electron chi connectivity index (χ4n) is 3.32. The molecule has 25 heavy (non-hydrogen) atoms. The molecule has 2 amide bonds. The molecule has 1 heterocycles. The summed E-state index contributed by atoms with van der Waals surface area (Å²) in [5.74, 6) is -1.42. The highest BCUT2D eigenvalue weighted by molar-refractivity contribution is 5.96. The fourth-order valence-corrected chi connectivity index (χ4v) is 3.32. The van der Waals surface area contributed by atoms with Crippen molar-refractivity contribution < 1.29 is 19.5 Å². The normalized spacial score (nSPS) is 16.7. The Labute approximate surface area is 148 Å². The second-order valence-corrected chi connectivity index (χ2v) is 6.69. The number of carboxylic acids is 1. The average Bonchev–Trinajstić information content (AvgIpc) is 2.58. The summed E-state index contributed by atoms with van der Waals surface area (Å²) in [5.41, 5.74) is 1.20. The van der Waals surface area contributed by atoms with Gasteiger partial charge in [-0.3, -0.25) is 14.4 Å². The van der Waals surface area contributed by atoms with Gasteiger partial charge in [0.15, 0.2) is 0 Å². The van der Waals surface area contributed by atoms with Gasteiger partial charge in [0.1, 0.15) is 0 Å². The quantitative estimate of drug-likeness (QED) is 0.674. The molecular weight excluding hydrogens is 320 g/mol. The Morgan fingerprint density at radius 2 is 1.96 bits per heavy atom. The number of rotatable bonds is 8. The van der Waals surface area contributed by atoms with Gasteiger partial charge in [-0.25, -0.2) is 0 Å². The van der Waals surface area contributed by atoms with Crippen LogP contribution in [-0.4, -0.2) is 28.4 Å². The molecule has 6 nitrogen and oxygen atoms in total. The lowest BCUT2D eigenvalue weighted by molar-refractivity contribution is -0.139. The molecule has 6 heteroatoms. The van der Waals surface area contributed by atoms with E-state index in [2.05, 4.69) is 10.6 Å². The lowest BCUT2D eigenvalue weighted by Crippen LogP contribution is -2.49. The molecule has 1 atom stereocenters. The molecule has 1 aromatic rings. The lowest BCUT2D eigenvalue weighted by atomic mass is 9.87. The van der Waals surface area contributed by atoms with E-state index in [-0.39, 0.29) is 30.6 Å². The van der Waals surface area contributed by atoms with Gasteiger partial charge in [-0.05, 0) is 37.3 Å². The Balaban J connectivity index is 1.93. The summed E-state index contributed by atoms with van der Waals surface area (Å²) >= 11 is 0. The third kappa shape index (κ3) is 4.81. The third-order valence-electron chi connectivity index (χ3n) is 5.08. The van der Waals surface area contributed by atoms with Crippen molar-refractivity contribution in [2.24, 2.45) is 5.92 Å². The fraction of sp³-hybridized carbons (Fsp3) is 0.526. The van der Waals surface area contributed by atoms with Crippen molar-refractivity contribution >= 4 is 23.5 Å². The highest BCUT2D eigenvalue weighted by Gasteiger charge is 2.32. The molecular formula is C19H26N2O4. The number of nitrogens with one attached hydrogen (secondary N) is 2. The van der Waals surface area contributed by atoms with Crippen LogP contribution in [-0.2, 0) is 20.8 Å². The number of amides is 2. The van der Waals surface area contributed by atoms with E-state index in [1.807, 2.05) is 38.1 Å². The molecule has 3 N–H and O–H groups in total. The maximum Gasteiger partial charge on any atom is 0.305 e. The number of benzene rings is 1. The molecule has 0 bridgehead atoms. The molecule has 1 aromatic carbocycles. The average molecular weight is 346 g/mol. The Morgan fingerprint density at radius 3 is 2.60 bits per heavy atom. The monoisotopic (exact) mass is 346 g/mol. The van der Waals surface area contributed by atoms with Crippen molar-refractivity contribution in [2.45, 2.75) is 57.9 Å². The van der Waals surface area contributed by atoms with Gasteiger partial charge >= 0.3 is 5.97 Å². The van der Waals surface area contributed by atoms with E-state index in [9.17, 15) is 14.4 Å². The minimum atomic E-state index is -0.924. The SMILES string of the molecule is CCC(CC)(CC(=O)O)NC(=O)CCC1Cc2ccccc2NC1=O. The molecule has 136 valence electrons. The molecule has 0 spiro atoms. The minimum Gasteiger partial charge on any atom is -0.481 e. The highest BCUT2D eigenvalue weighted by Crippen LogP contribution is 2.28. The summed E-state index contributed by atoms with van der Waals surface area (Å²) < 4.78 is 0. The van der Waals surface area contributed by atoms with Crippen LogP contribution in [0.1, 0.15) is 51.5 Å². The predicted molar refractivity (Wildman–Crippen MR) is 95.2 cm³/mol. The van der Waals surface area contributed by atoms with Crippen LogP contribution in [0.4, 0.5) is 5.69 Å². The van der Waals surface area contributed by atoms with Gasteiger partial charge in [0, 0.05) is 23.6 Å². The summed E-state index contributed by atoms with van der Waals surface area (Å²) in [6.07, 6.45) is 2.29. The van der Waals surface area contributed by atoms with Crippen LogP contribution in [0.5, 0.6) is 0 Å². The molecule has 0 aromatic heterocycles. The van der Waals surface area contributed by atoms with E-state index >= 15 is 0 Å². The summed E-state index contributed by atoms with van der Waals surface area (Å²) in [6, 6.07) is 7.67. The standard InChI is InChI=1S/C19H26N2O4/c1-3-19(4-2,12-17(23)24)21-16(22)10-9-14-11-13-7-5-6-8-15(13)20-18(14)25/h5-8,14H,3-4,9-12H2,1-2H3,(H,20,25)(H,21,22)(H,23,24). The number of anilines is 1. The summed E-state index contributed by atoms with van der Waals surface area (Å²) in [4.78, 5) is 35.6. The number of carbonyl (C=O) groups is 3. The van der Waals surface area contributed by atoms with Crippen LogP contribution >= 0.6 is 0 Å². The van der Waals surface area contributed by atoms with E-state index < -0.39 is 11.5 Å². The van der Waals surface area contributed by atoms with Crippen molar-refractivity contribution in [3.05, 3.63) is 29.8 Å². The van der Waals surface area contributed by atoms with Gasteiger partial charge in [-0.2, -0.15) is 0 Å². The Kier molecular flexibility index (Phi) is 6.17. The minimum absolute atomic E-state index is 0.0608. The van der Waals surface area contributed by atoms with Crippen molar-refractivity contribution in [3.8, 4) is 0 Å². The number of aliphatic carboxylic acids is 1. The van der Waals surface area contributed by atoms with E-state index in [0.29, 0.717) is 25.7 Å². The zero-order valence-electron chi connectivity index (χ0n) is 14.8. The van der Waals surface area contributed by atoms with E-state index in [1.165, 1.54) is 0 Å². The summed E-state index contributed by atoms with van der Waals surface area (Å²) in [6.45, 7) is 3.75. The van der Waals surface area contributed by atoms with Gasteiger partial charge < -0.3 is 15.7 Å². The first-order chi connectivity index (χ1) is 11.9. The molecule has 1 aliphatic heterocycles. The summed E-state index contributed by atoms with van der Waals surface area (Å²) in [7, 11) is 0. The predicted octanol–water partition coefficient (Wildman–Crippen LogP) is 2.73. The van der Waals surface area contributed by atoms with Gasteiger partial charge in [0.2, 0.25) is 11.8 Å². The topological polar surface area (TPSA) is 95.5 Å². The van der Waals surface area contributed by atoms with Gasteiger partial charge in [0.25, 0.3) is 0 Å². The van der Waals surface area contributed by atoms with Gasteiger partial charge in [-0.15, -0.1) is 0 Å². The van der Waals surface area contributed by atoms with E-state index in [0.717, 1.165) is 11.3 Å². The largest absolute Gasteiger partial charge is 0.481 e. The van der Waals surface area contributed by atoms with Crippen LogP contribution in [0.25, 0.3) is 0 Å². The van der Waals surface area contributed by atoms with Crippen molar-refractivity contribution in [1.29, 1.82) is 0 Å². The maximum atomic E-state index is 12.3. The smallest absolute Gasteiger partial charge is 0.305 e. The number of fused-ring (bicyclic) bond motifs is 1. The Morgan fingerprint density at radius 1 is 1.28 bits per heavy atom. The first kappa shape index (κ1) is 19.0. The first-order valence-electron chi connectivity index (χ1n) is 8.80. The molecule has 0 radical (unpaired) electrons. The Bertz CT molecular complexity index is 653. The molecule has 1 aliphatic rings. The zero-order chi connectivity index (χ0) is 18.4. The third-order valence-corrected chi connectivity index (χ3v) is 5.08. The second kappa shape index (κ2) is 8.14. The first-order valence-corrected chi connectivity index (χ1v) is 8.80. The molecule has 0 saturated heterocycles. The van der Waals surface area contributed by atoms with Gasteiger partial charge in [-0.1, -0.05) is 32.0 Å². The molecule has 0 saturated carbocycles. The number of hydrogen-bond acceptors (Lipinski definition) is 3. The van der Waals surface area contributed by atoms with Gasteiger partial charge in [0.05, 0.1) is 6.42 Å². The van der Waals surface area contributed by atoms with Crippen LogP contribution in [0.15, 0.2) is 24.3 Å². The summed E-state index contributed by atoms with van der Waals surface area (Å²) in [5, 5.41) is 14.8. The Hall–Kier alpha value is -2.37. The van der Waals surface area contributed by atoms with Crippen molar-refractivity contribution in [1.82, 2.24) is 5.32 Å². The van der Waals surface area contributed by atoms with Crippen LogP contribution in [0, 0.1) is 5.92 Å². The molecule has 0 fully saturated rings. The van der Waals surface area contributed by atoms with Crippen molar-refractivity contribution in [2.75, 3.05) is 5.32 Å². The molecule has 0 aliphatic carbocycles. The number of carbonyl (C=O) groups excluding carboxylic acids is 2. The van der Waals surface area contributed by atoms with Crippen LogP contribution in [0.2, 0.25) is 0 Å². The van der Waals surface area contributed by atoms with E-state index in [1.54, 1.807) is 0 Å². The number of carboxylic acid groups (broad SMARTS) is 1. The highest BCUT2D eigenvalue weighted by atomic mass is 16.4. The molecule has 1 unspecified atom stereocenters. The van der Waals surface area contributed by atoms with Crippen LogP contribution in [0.3, 0.4) is 0 Å². The zero-order valence-corrected chi connectivity index (χ0v) is 14.8. The van der Waals surface area contributed by atoms with Crippen LogP contribution < -0.4 is 10.6 Å².